The number of carboxylic acid groups (broad SMARTS) is 1. The number of carbonyl (C=O) groups is 1. The number of rotatable bonds is 4. The van der Waals surface area contributed by atoms with Crippen LogP contribution in [-0.4, -0.2) is 41.0 Å². The van der Waals surface area contributed by atoms with Crippen LogP contribution in [-0.2, 0) is 14.8 Å². The van der Waals surface area contributed by atoms with Gasteiger partial charge in [0.25, 0.3) is 0 Å². The summed E-state index contributed by atoms with van der Waals surface area (Å²) in [5, 5.41) is 8.79. The van der Waals surface area contributed by atoms with Gasteiger partial charge in [-0.2, -0.15) is 4.31 Å². The standard InChI is InChI=1S/C12H13BrFNO4S2/c1-2-11-15(9(6-20-11)12(16)17)21(18,19)10-4-3-7(14)5-8(10)13/h3-5,9,11H,2,6H2,1H3,(H,16,17). The van der Waals surface area contributed by atoms with E-state index < -0.39 is 33.2 Å². The number of aliphatic carboxylic acids is 1. The van der Waals surface area contributed by atoms with Crippen LogP contribution >= 0.6 is 27.7 Å². The number of nitrogens with zero attached hydrogens (tertiary/aromatic N) is 1. The van der Waals surface area contributed by atoms with E-state index in [1.54, 1.807) is 6.92 Å². The zero-order valence-corrected chi connectivity index (χ0v) is 14.2. The lowest BCUT2D eigenvalue weighted by Gasteiger charge is -2.26. The molecule has 1 N–H and O–H groups in total. The Bertz CT molecular complexity index is 667. The van der Waals surface area contributed by atoms with Gasteiger partial charge in [-0.05, 0) is 40.5 Å². The highest BCUT2D eigenvalue weighted by atomic mass is 79.9. The van der Waals surface area contributed by atoms with Gasteiger partial charge in [0.2, 0.25) is 10.0 Å². The van der Waals surface area contributed by atoms with E-state index in [-0.39, 0.29) is 15.1 Å². The van der Waals surface area contributed by atoms with Gasteiger partial charge in [-0.3, -0.25) is 4.79 Å². The number of benzene rings is 1. The minimum absolute atomic E-state index is 0.0818. The molecule has 116 valence electrons. The average Bonchev–Trinajstić information content (AvgIpc) is 2.82. The van der Waals surface area contributed by atoms with Gasteiger partial charge in [0.1, 0.15) is 11.9 Å². The van der Waals surface area contributed by atoms with E-state index in [1.165, 1.54) is 11.8 Å². The third kappa shape index (κ3) is 3.10. The lowest BCUT2D eigenvalue weighted by molar-refractivity contribution is -0.140. The number of hydrogen-bond acceptors (Lipinski definition) is 4. The van der Waals surface area contributed by atoms with Crippen molar-refractivity contribution in [3.05, 3.63) is 28.5 Å². The molecular weight excluding hydrogens is 385 g/mol. The molecule has 0 aliphatic carbocycles. The first-order valence-corrected chi connectivity index (χ1v) is 9.40. The molecule has 1 heterocycles. The Morgan fingerprint density at radius 3 is 2.76 bits per heavy atom. The molecule has 1 aromatic rings. The molecule has 0 bridgehead atoms. The second-order valence-electron chi connectivity index (χ2n) is 4.46. The third-order valence-electron chi connectivity index (χ3n) is 3.12. The average molecular weight is 398 g/mol. The van der Waals surface area contributed by atoms with Gasteiger partial charge < -0.3 is 5.11 Å². The van der Waals surface area contributed by atoms with Crippen molar-refractivity contribution in [1.82, 2.24) is 4.31 Å². The minimum atomic E-state index is -4.02. The van der Waals surface area contributed by atoms with Gasteiger partial charge in [-0.25, -0.2) is 12.8 Å². The summed E-state index contributed by atoms with van der Waals surface area (Å²) in [4.78, 5) is 11.2. The molecule has 0 amide bonds. The second kappa shape index (κ2) is 6.23. The van der Waals surface area contributed by atoms with Crippen molar-refractivity contribution in [3.63, 3.8) is 0 Å². The Morgan fingerprint density at radius 2 is 2.24 bits per heavy atom. The summed E-state index contributed by atoms with van der Waals surface area (Å²) in [5.74, 6) is -1.55. The van der Waals surface area contributed by atoms with Crippen molar-refractivity contribution in [2.24, 2.45) is 0 Å². The second-order valence-corrected chi connectivity index (χ2v) is 8.34. The number of thioether (sulfide) groups is 1. The van der Waals surface area contributed by atoms with Crippen molar-refractivity contribution < 1.29 is 22.7 Å². The highest BCUT2D eigenvalue weighted by molar-refractivity contribution is 9.10. The van der Waals surface area contributed by atoms with Gasteiger partial charge in [-0.1, -0.05) is 6.92 Å². The Kier molecular flexibility index (Phi) is 4.96. The zero-order chi connectivity index (χ0) is 15.8. The zero-order valence-electron chi connectivity index (χ0n) is 11.0. The smallest absolute Gasteiger partial charge is 0.322 e. The molecule has 1 aliphatic heterocycles. The van der Waals surface area contributed by atoms with E-state index in [0.717, 1.165) is 22.5 Å². The van der Waals surface area contributed by atoms with Crippen LogP contribution in [0.2, 0.25) is 0 Å². The van der Waals surface area contributed by atoms with E-state index in [1.807, 2.05) is 0 Å². The van der Waals surface area contributed by atoms with Crippen molar-refractivity contribution >= 4 is 43.7 Å². The number of hydrogen-bond donors (Lipinski definition) is 1. The van der Waals surface area contributed by atoms with Crippen LogP contribution in [0.1, 0.15) is 13.3 Å². The quantitative estimate of drug-likeness (QED) is 0.844. The van der Waals surface area contributed by atoms with Crippen LogP contribution < -0.4 is 0 Å². The summed E-state index contributed by atoms with van der Waals surface area (Å²) in [5.41, 5.74) is 0. The van der Waals surface area contributed by atoms with Crippen LogP contribution in [0, 0.1) is 5.82 Å². The number of carboxylic acids is 1. The summed E-state index contributed by atoms with van der Waals surface area (Å²) in [6.07, 6.45) is 0.493. The van der Waals surface area contributed by atoms with Gasteiger partial charge in [0.05, 0.1) is 10.3 Å². The Hall–Kier alpha value is -0.640. The van der Waals surface area contributed by atoms with Gasteiger partial charge in [0, 0.05) is 10.2 Å². The van der Waals surface area contributed by atoms with Crippen molar-refractivity contribution in [3.8, 4) is 0 Å². The van der Waals surface area contributed by atoms with Crippen molar-refractivity contribution in [1.29, 1.82) is 0 Å². The SMILES string of the molecule is CCC1SCC(C(=O)O)N1S(=O)(=O)c1ccc(F)cc1Br. The van der Waals surface area contributed by atoms with Gasteiger partial charge in [-0.15, -0.1) is 11.8 Å². The van der Waals surface area contributed by atoms with Crippen LogP contribution in [0.4, 0.5) is 4.39 Å². The highest BCUT2D eigenvalue weighted by Gasteiger charge is 2.46. The first kappa shape index (κ1) is 16.7. The first-order chi connectivity index (χ1) is 9.78. The molecule has 5 nitrogen and oxygen atoms in total. The van der Waals surface area contributed by atoms with E-state index in [2.05, 4.69) is 15.9 Å². The lowest BCUT2D eigenvalue weighted by atomic mass is 10.3. The maximum Gasteiger partial charge on any atom is 0.322 e. The minimum Gasteiger partial charge on any atom is -0.480 e. The topological polar surface area (TPSA) is 74.7 Å². The Labute approximate surface area is 134 Å². The van der Waals surface area contributed by atoms with E-state index >= 15 is 0 Å². The molecule has 1 aromatic carbocycles. The molecule has 2 unspecified atom stereocenters. The predicted octanol–water partition coefficient (Wildman–Crippen LogP) is 2.52. The normalized spacial score (nSPS) is 23.4. The predicted molar refractivity (Wildman–Crippen MR) is 81.1 cm³/mol. The molecule has 21 heavy (non-hydrogen) atoms. The van der Waals surface area contributed by atoms with Crippen LogP contribution in [0.5, 0.6) is 0 Å². The summed E-state index contributed by atoms with van der Waals surface area (Å²) in [7, 11) is -4.02. The highest BCUT2D eigenvalue weighted by Crippen LogP contribution is 2.38. The molecule has 1 fully saturated rings. The molecule has 2 atom stereocenters. The summed E-state index contributed by atoms with van der Waals surface area (Å²) in [6, 6.07) is 2.12. The van der Waals surface area contributed by atoms with Crippen LogP contribution in [0.3, 0.4) is 0 Å². The summed E-state index contributed by atoms with van der Waals surface area (Å²) in [6.45, 7) is 1.80. The van der Waals surface area contributed by atoms with Gasteiger partial charge in [0.15, 0.2) is 0 Å². The molecule has 1 saturated heterocycles. The molecule has 9 heteroatoms. The first-order valence-electron chi connectivity index (χ1n) is 6.12. The molecule has 0 radical (unpaired) electrons. The summed E-state index contributed by atoms with van der Waals surface area (Å²) >= 11 is 4.32. The fraction of sp³-hybridized carbons (Fsp3) is 0.417. The maximum atomic E-state index is 13.1. The third-order valence-corrected chi connectivity index (χ3v) is 7.60. The maximum absolute atomic E-state index is 13.1. The van der Waals surface area contributed by atoms with Crippen LogP contribution in [0.15, 0.2) is 27.6 Å². The van der Waals surface area contributed by atoms with E-state index in [4.69, 9.17) is 0 Å². The molecule has 0 saturated carbocycles. The molecule has 1 aliphatic rings. The molecule has 2 rings (SSSR count). The number of sulfonamides is 1. The van der Waals surface area contributed by atoms with Gasteiger partial charge >= 0.3 is 5.97 Å². The fourth-order valence-electron chi connectivity index (χ4n) is 2.15. The van der Waals surface area contributed by atoms with E-state index in [0.29, 0.717) is 6.42 Å². The largest absolute Gasteiger partial charge is 0.480 e. The lowest BCUT2D eigenvalue weighted by Crippen LogP contribution is -2.45. The molecule has 0 spiro atoms. The van der Waals surface area contributed by atoms with Crippen molar-refractivity contribution in [2.75, 3.05) is 5.75 Å². The van der Waals surface area contributed by atoms with E-state index in [9.17, 15) is 22.7 Å². The number of halogens is 2. The molecule has 0 aromatic heterocycles. The summed E-state index contributed by atoms with van der Waals surface area (Å²) < 4.78 is 39.7. The molecular formula is C12H13BrFNO4S2. The fourth-order valence-corrected chi connectivity index (χ4v) is 6.70. The Morgan fingerprint density at radius 1 is 1.57 bits per heavy atom. The van der Waals surface area contributed by atoms with Crippen LogP contribution in [0.25, 0.3) is 0 Å². The van der Waals surface area contributed by atoms with Crippen molar-refractivity contribution in [2.45, 2.75) is 29.7 Å². The Balaban J connectivity index is 2.52. The monoisotopic (exact) mass is 397 g/mol.